The predicted octanol–water partition coefficient (Wildman–Crippen LogP) is 1.60. The molecule has 2 heterocycles. The average Bonchev–Trinajstić information content (AvgIpc) is 2.81. The molecular formula is C14H19N5O2. The summed E-state index contributed by atoms with van der Waals surface area (Å²) in [5.41, 5.74) is 1.09. The minimum atomic E-state index is -0.285. The van der Waals surface area contributed by atoms with Gasteiger partial charge in [-0.25, -0.2) is 9.97 Å². The first-order valence-electron chi connectivity index (χ1n) is 6.86. The average molecular weight is 289 g/mol. The molecule has 21 heavy (non-hydrogen) atoms. The molecule has 7 heteroatoms. The molecule has 0 unspecified atom stereocenters. The van der Waals surface area contributed by atoms with Gasteiger partial charge in [-0.05, 0) is 25.8 Å². The van der Waals surface area contributed by atoms with E-state index in [2.05, 4.69) is 39.3 Å². The molecule has 2 aromatic rings. The highest BCUT2D eigenvalue weighted by atomic mass is 16.5. The van der Waals surface area contributed by atoms with Crippen molar-refractivity contribution in [3.63, 3.8) is 0 Å². The maximum Gasteiger partial charge on any atom is 0.270 e. The SMILES string of the molecule is Cc1cc(C(=O)NCc2nc(CC(C)C)no2)nc(C)n1. The minimum Gasteiger partial charge on any atom is -0.342 e. The van der Waals surface area contributed by atoms with Crippen LogP contribution in [0.1, 0.15) is 47.6 Å². The molecule has 112 valence electrons. The molecule has 2 rings (SSSR count). The maximum atomic E-state index is 12.0. The van der Waals surface area contributed by atoms with Gasteiger partial charge < -0.3 is 9.84 Å². The summed E-state index contributed by atoms with van der Waals surface area (Å²) in [6.07, 6.45) is 0.752. The minimum absolute atomic E-state index is 0.187. The Morgan fingerprint density at radius 1 is 1.29 bits per heavy atom. The van der Waals surface area contributed by atoms with Crippen molar-refractivity contribution in [3.8, 4) is 0 Å². The van der Waals surface area contributed by atoms with Crippen LogP contribution in [0, 0.1) is 19.8 Å². The molecule has 0 aliphatic carbocycles. The van der Waals surface area contributed by atoms with Crippen LogP contribution in [0.2, 0.25) is 0 Å². The Morgan fingerprint density at radius 3 is 2.71 bits per heavy atom. The zero-order valence-electron chi connectivity index (χ0n) is 12.7. The van der Waals surface area contributed by atoms with E-state index in [4.69, 9.17) is 4.52 Å². The lowest BCUT2D eigenvalue weighted by molar-refractivity contribution is 0.0940. The van der Waals surface area contributed by atoms with E-state index in [9.17, 15) is 4.79 Å². The van der Waals surface area contributed by atoms with Crippen molar-refractivity contribution in [2.75, 3.05) is 0 Å². The smallest absolute Gasteiger partial charge is 0.270 e. The molecule has 1 amide bonds. The van der Waals surface area contributed by atoms with Crippen LogP contribution in [0.3, 0.4) is 0 Å². The molecule has 0 radical (unpaired) electrons. The predicted molar refractivity (Wildman–Crippen MR) is 75.5 cm³/mol. The van der Waals surface area contributed by atoms with Crippen molar-refractivity contribution < 1.29 is 9.32 Å². The van der Waals surface area contributed by atoms with Crippen molar-refractivity contribution in [2.24, 2.45) is 5.92 Å². The van der Waals surface area contributed by atoms with Gasteiger partial charge in [0.15, 0.2) is 5.82 Å². The summed E-state index contributed by atoms with van der Waals surface area (Å²) < 4.78 is 5.09. The highest BCUT2D eigenvalue weighted by molar-refractivity contribution is 5.92. The number of rotatable bonds is 5. The molecule has 2 aromatic heterocycles. The van der Waals surface area contributed by atoms with Crippen molar-refractivity contribution in [2.45, 2.75) is 40.7 Å². The van der Waals surface area contributed by atoms with Gasteiger partial charge in [-0.3, -0.25) is 4.79 Å². The van der Waals surface area contributed by atoms with Crippen LogP contribution >= 0.6 is 0 Å². The van der Waals surface area contributed by atoms with E-state index in [-0.39, 0.29) is 12.5 Å². The third-order valence-corrected chi connectivity index (χ3v) is 2.70. The van der Waals surface area contributed by atoms with Crippen LogP contribution in [0.15, 0.2) is 10.6 Å². The van der Waals surface area contributed by atoms with Gasteiger partial charge >= 0.3 is 0 Å². The van der Waals surface area contributed by atoms with Crippen LogP contribution in [0.4, 0.5) is 0 Å². The van der Waals surface area contributed by atoms with E-state index in [0.717, 1.165) is 12.1 Å². The number of aryl methyl sites for hydroxylation is 2. The molecule has 0 aromatic carbocycles. The number of aromatic nitrogens is 4. The van der Waals surface area contributed by atoms with Gasteiger partial charge in [0.05, 0.1) is 6.54 Å². The van der Waals surface area contributed by atoms with Crippen LogP contribution in [0.5, 0.6) is 0 Å². The summed E-state index contributed by atoms with van der Waals surface area (Å²) in [4.78, 5) is 24.5. The molecule has 0 saturated carbocycles. The van der Waals surface area contributed by atoms with E-state index in [1.54, 1.807) is 13.0 Å². The number of hydrogen-bond donors (Lipinski definition) is 1. The second-order valence-corrected chi connectivity index (χ2v) is 5.33. The Hall–Kier alpha value is -2.31. The Bertz CT molecular complexity index is 616. The summed E-state index contributed by atoms with van der Waals surface area (Å²) in [6.45, 7) is 7.92. The molecule has 0 saturated heterocycles. The van der Waals surface area contributed by atoms with Crippen molar-refractivity contribution in [1.82, 2.24) is 25.4 Å². The molecule has 0 bridgehead atoms. The first-order valence-corrected chi connectivity index (χ1v) is 6.86. The number of amides is 1. The highest BCUT2D eigenvalue weighted by Gasteiger charge is 2.12. The maximum absolute atomic E-state index is 12.0. The van der Waals surface area contributed by atoms with Gasteiger partial charge in [-0.15, -0.1) is 0 Å². The van der Waals surface area contributed by atoms with Crippen LogP contribution in [-0.4, -0.2) is 26.0 Å². The van der Waals surface area contributed by atoms with Crippen molar-refractivity contribution in [1.29, 1.82) is 0 Å². The van der Waals surface area contributed by atoms with E-state index < -0.39 is 0 Å². The highest BCUT2D eigenvalue weighted by Crippen LogP contribution is 2.05. The lowest BCUT2D eigenvalue weighted by Crippen LogP contribution is -2.24. The quantitative estimate of drug-likeness (QED) is 0.898. The third-order valence-electron chi connectivity index (χ3n) is 2.70. The van der Waals surface area contributed by atoms with Gasteiger partial charge in [0.25, 0.3) is 5.91 Å². The van der Waals surface area contributed by atoms with E-state index >= 15 is 0 Å². The largest absolute Gasteiger partial charge is 0.342 e. The lowest BCUT2D eigenvalue weighted by atomic mass is 10.1. The second-order valence-electron chi connectivity index (χ2n) is 5.33. The molecule has 7 nitrogen and oxygen atoms in total. The summed E-state index contributed by atoms with van der Waals surface area (Å²) in [6, 6.07) is 1.64. The second kappa shape index (κ2) is 6.43. The number of carbonyl (C=O) groups is 1. The Kier molecular flexibility index (Phi) is 4.62. The third kappa shape index (κ3) is 4.34. The van der Waals surface area contributed by atoms with Gasteiger partial charge in [0, 0.05) is 12.1 Å². The standard InChI is InChI=1S/C14H19N5O2/c1-8(2)5-12-18-13(21-19-12)7-15-14(20)11-6-9(3)16-10(4)17-11/h6,8H,5,7H2,1-4H3,(H,15,20). The number of hydrogen-bond acceptors (Lipinski definition) is 6. The lowest BCUT2D eigenvalue weighted by Gasteiger charge is -2.03. The first kappa shape index (κ1) is 15.1. The Balaban J connectivity index is 1.96. The zero-order chi connectivity index (χ0) is 15.4. The first-order chi connectivity index (χ1) is 9.94. The summed E-state index contributed by atoms with van der Waals surface area (Å²) in [5.74, 6) is 1.78. The number of nitrogens with one attached hydrogen (secondary N) is 1. The molecule has 1 N–H and O–H groups in total. The fourth-order valence-corrected chi connectivity index (χ4v) is 1.89. The van der Waals surface area contributed by atoms with E-state index in [1.807, 2.05) is 6.92 Å². The normalized spacial score (nSPS) is 10.9. The molecular weight excluding hydrogens is 270 g/mol. The number of carbonyl (C=O) groups excluding carboxylic acids is 1. The summed E-state index contributed by atoms with van der Waals surface area (Å²) in [7, 11) is 0. The molecule has 0 fully saturated rings. The van der Waals surface area contributed by atoms with Crippen molar-refractivity contribution in [3.05, 3.63) is 35.0 Å². The van der Waals surface area contributed by atoms with Crippen molar-refractivity contribution >= 4 is 5.91 Å². The Labute approximate surface area is 123 Å². The zero-order valence-corrected chi connectivity index (χ0v) is 12.7. The fourth-order valence-electron chi connectivity index (χ4n) is 1.89. The molecule has 0 spiro atoms. The molecule has 0 atom stereocenters. The topological polar surface area (TPSA) is 93.8 Å². The van der Waals surface area contributed by atoms with Gasteiger partial charge in [0.1, 0.15) is 11.5 Å². The van der Waals surface area contributed by atoms with Gasteiger partial charge in [-0.1, -0.05) is 19.0 Å². The van der Waals surface area contributed by atoms with E-state index in [1.165, 1.54) is 0 Å². The number of nitrogens with zero attached hydrogens (tertiary/aromatic N) is 4. The summed E-state index contributed by atoms with van der Waals surface area (Å²) in [5, 5.41) is 6.58. The van der Waals surface area contributed by atoms with Crippen LogP contribution in [0.25, 0.3) is 0 Å². The van der Waals surface area contributed by atoms with Crippen LogP contribution in [-0.2, 0) is 13.0 Å². The van der Waals surface area contributed by atoms with E-state index in [0.29, 0.717) is 29.2 Å². The van der Waals surface area contributed by atoms with Crippen LogP contribution < -0.4 is 5.32 Å². The van der Waals surface area contributed by atoms with Gasteiger partial charge in [0.2, 0.25) is 5.89 Å². The molecule has 0 aliphatic heterocycles. The fraction of sp³-hybridized carbons (Fsp3) is 0.500. The Morgan fingerprint density at radius 2 is 2.05 bits per heavy atom. The van der Waals surface area contributed by atoms with Gasteiger partial charge in [-0.2, -0.15) is 4.98 Å². The molecule has 0 aliphatic rings. The monoisotopic (exact) mass is 289 g/mol. The summed E-state index contributed by atoms with van der Waals surface area (Å²) >= 11 is 0.